The molecule has 1 aliphatic carbocycles. The molecule has 2 atom stereocenters. The molecule has 1 aliphatic heterocycles. The fourth-order valence-corrected chi connectivity index (χ4v) is 3.74. The number of nitrogens with zero attached hydrogens (tertiary/aromatic N) is 3. The van der Waals surface area contributed by atoms with Gasteiger partial charge in [-0.3, -0.25) is 9.20 Å². The van der Waals surface area contributed by atoms with Crippen LogP contribution >= 0.6 is 0 Å². The van der Waals surface area contributed by atoms with Gasteiger partial charge in [0.05, 0.1) is 13.2 Å². The normalized spacial score (nSPS) is 26.3. The van der Waals surface area contributed by atoms with Crippen LogP contribution in [-0.2, 0) is 0 Å². The standard InChI is InChI=1S/C17H18FN3O4/c18-17(9-22)8-20(6-11(17)10-4-5-10)15(23)12-7-21-13(16(24)25)2-1-3-14(21)19-12/h1-3,7,10-11,22H,4-6,8-9H2,(H,24,25). The molecule has 0 bridgehead atoms. The summed E-state index contributed by atoms with van der Waals surface area (Å²) in [5.74, 6) is -1.71. The van der Waals surface area contributed by atoms with Gasteiger partial charge in [-0.05, 0) is 30.9 Å². The molecule has 0 radical (unpaired) electrons. The van der Waals surface area contributed by atoms with Crippen molar-refractivity contribution in [3.05, 3.63) is 35.8 Å². The summed E-state index contributed by atoms with van der Waals surface area (Å²) >= 11 is 0. The summed E-state index contributed by atoms with van der Waals surface area (Å²) in [5, 5.41) is 18.7. The number of carboxylic acid groups (broad SMARTS) is 1. The van der Waals surface area contributed by atoms with Gasteiger partial charge in [-0.15, -0.1) is 0 Å². The molecule has 1 saturated carbocycles. The van der Waals surface area contributed by atoms with Gasteiger partial charge in [0, 0.05) is 18.7 Å². The number of halogens is 1. The average molecular weight is 347 g/mol. The first-order valence-corrected chi connectivity index (χ1v) is 8.23. The largest absolute Gasteiger partial charge is 0.477 e. The minimum Gasteiger partial charge on any atom is -0.477 e. The third-order valence-corrected chi connectivity index (χ3v) is 5.21. The van der Waals surface area contributed by atoms with Crippen LogP contribution in [-0.4, -0.2) is 61.7 Å². The monoisotopic (exact) mass is 347 g/mol. The van der Waals surface area contributed by atoms with E-state index in [1.165, 1.54) is 21.6 Å². The van der Waals surface area contributed by atoms with Crippen molar-refractivity contribution in [2.24, 2.45) is 11.8 Å². The molecular weight excluding hydrogens is 329 g/mol. The molecule has 0 aromatic carbocycles. The molecule has 2 unspecified atom stereocenters. The molecular formula is C17H18FN3O4. The van der Waals surface area contributed by atoms with Crippen LogP contribution in [0.1, 0.15) is 33.8 Å². The van der Waals surface area contributed by atoms with Crippen molar-refractivity contribution >= 4 is 17.5 Å². The molecule has 2 aromatic rings. The second kappa shape index (κ2) is 5.52. The number of hydrogen-bond donors (Lipinski definition) is 2. The quantitative estimate of drug-likeness (QED) is 0.867. The van der Waals surface area contributed by atoms with E-state index in [4.69, 9.17) is 0 Å². The fourth-order valence-electron chi connectivity index (χ4n) is 3.74. The second-order valence-electron chi connectivity index (χ2n) is 6.89. The first-order chi connectivity index (χ1) is 11.9. The van der Waals surface area contributed by atoms with Crippen LogP contribution in [0.25, 0.3) is 5.65 Å². The maximum absolute atomic E-state index is 15.0. The Morgan fingerprint density at radius 2 is 2.12 bits per heavy atom. The van der Waals surface area contributed by atoms with E-state index >= 15 is 0 Å². The van der Waals surface area contributed by atoms with Gasteiger partial charge in [-0.2, -0.15) is 0 Å². The van der Waals surface area contributed by atoms with E-state index in [2.05, 4.69) is 4.98 Å². The number of alkyl halides is 1. The molecule has 2 N–H and O–H groups in total. The molecule has 7 nitrogen and oxygen atoms in total. The Kier molecular flexibility index (Phi) is 3.54. The van der Waals surface area contributed by atoms with E-state index in [0.29, 0.717) is 5.65 Å². The zero-order valence-electron chi connectivity index (χ0n) is 13.4. The summed E-state index contributed by atoms with van der Waals surface area (Å²) in [6, 6.07) is 4.58. The molecule has 4 rings (SSSR count). The lowest BCUT2D eigenvalue weighted by Gasteiger charge is -2.23. The maximum atomic E-state index is 15.0. The number of aliphatic hydroxyl groups is 1. The van der Waals surface area contributed by atoms with Crippen LogP contribution in [0.5, 0.6) is 0 Å². The summed E-state index contributed by atoms with van der Waals surface area (Å²) in [5.41, 5.74) is -1.36. The van der Waals surface area contributed by atoms with Crippen molar-refractivity contribution in [3.63, 3.8) is 0 Å². The Bertz CT molecular complexity index is 863. The molecule has 2 aliphatic rings. The zero-order chi connectivity index (χ0) is 17.8. The Hall–Kier alpha value is -2.48. The number of aromatic carboxylic acids is 1. The smallest absolute Gasteiger partial charge is 0.352 e. The minimum atomic E-state index is -1.78. The number of hydrogen-bond acceptors (Lipinski definition) is 4. The van der Waals surface area contributed by atoms with Crippen molar-refractivity contribution in [1.82, 2.24) is 14.3 Å². The molecule has 132 valence electrons. The first kappa shape index (κ1) is 16.0. The van der Waals surface area contributed by atoms with Crippen molar-refractivity contribution < 1.29 is 24.2 Å². The van der Waals surface area contributed by atoms with Crippen molar-refractivity contribution in [3.8, 4) is 0 Å². The van der Waals surface area contributed by atoms with Crippen molar-refractivity contribution in [2.45, 2.75) is 18.5 Å². The number of aromatic nitrogens is 2. The number of fused-ring (bicyclic) bond motifs is 1. The number of imidazole rings is 1. The number of rotatable bonds is 4. The number of pyridine rings is 1. The highest BCUT2D eigenvalue weighted by Crippen LogP contribution is 2.47. The minimum absolute atomic E-state index is 0.00322. The van der Waals surface area contributed by atoms with Gasteiger partial charge in [-0.1, -0.05) is 6.07 Å². The molecule has 25 heavy (non-hydrogen) atoms. The predicted molar refractivity (Wildman–Crippen MR) is 85.2 cm³/mol. The average Bonchev–Trinajstić information content (AvgIpc) is 3.23. The van der Waals surface area contributed by atoms with Gasteiger partial charge in [0.2, 0.25) is 0 Å². The Morgan fingerprint density at radius 3 is 2.76 bits per heavy atom. The van der Waals surface area contributed by atoms with Crippen LogP contribution in [0, 0.1) is 11.8 Å². The van der Waals surface area contributed by atoms with Gasteiger partial charge in [0.25, 0.3) is 5.91 Å². The number of amides is 1. The molecule has 2 fully saturated rings. The van der Waals surface area contributed by atoms with Crippen LogP contribution < -0.4 is 0 Å². The van der Waals surface area contributed by atoms with Crippen LogP contribution in [0.2, 0.25) is 0 Å². The lowest BCUT2D eigenvalue weighted by molar-refractivity contribution is 0.0360. The summed E-state index contributed by atoms with van der Waals surface area (Å²) < 4.78 is 16.3. The lowest BCUT2D eigenvalue weighted by Crippen LogP contribution is -2.39. The van der Waals surface area contributed by atoms with Gasteiger partial charge in [-0.25, -0.2) is 14.2 Å². The van der Waals surface area contributed by atoms with Gasteiger partial charge < -0.3 is 15.1 Å². The van der Waals surface area contributed by atoms with E-state index in [9.17, 15) is 24.2 Å². The number of aliphatic hydroxyl groups excluding tert-OH is 1. The van der Waals surface area contributed by atoms with E-state index in [0.717, 1.165) is 12.8 Å². The van der Waals surface area contributed by atoms with Crippen molar-refractivity contribution in [2.75, 3.05) is 19.7 Å². The topological polar surface area (TPSA) is 95.1 Å². The molecule has 0 spiro atoms. The molecule has 8 heteroatoms. The molecule has 1 amide bonds. The first-order valence-electron chi connectivity index (χ1n) is 8.23. The highest BCUT2D eigenvalue weighted by Gasteiger charge is 2.54. The zero-order valence-corrected chi connectivity index (χ0v) is 13.4. The number of carbonyl (C=O) groups excluding carboxylic acids is 1. The van der Waals surface area contributed by atoms with Gasteiger partial charge in [0.1, 0.15) is 17.0 Å². The van der Waals surface area contributed by atoms with Crippen LogP contribution in [0.15, 0.2) is 24.4 Å². The highest BCUT2D eigenvalue weighted by atomic mass is 19.1. The molecule has 1 saturated heterocycles. The SMILES string of the molecule is O=C(O)c1cccc2nc(C(=O)N3CC(C4CC4)C(F)(CO)C3)cn12. The third kappa shape index (κ3) is 2.57. The Balaban J connectivity index is 1.64. The summed E-state index contributed by atoms with van der Waals surface area (Å²) in [4.78, 5) is 29.6. The third-order valence-electron chi connectivity index (χ3n) is 5.21. The van der Waals surface area contributed by atoms with E-state index < -0.39 is 24.2 Å². The fraction of sp³-hybridized carbons (Fsp3) is 0.471. The van der Waals surface area contributed by atoms with Gasteiger partial charge in [0.15, 0.2) is 5.67 Å². The van der Waals surface area contributed by atoms with Crippen LogP contribution in [0.3, 0.4) is 0 Å². The van der Waals surface area contributed by atoms with E-state index in [1.807, 2.05) is 0 Å². The van der Waals surface area contributed by atoms with Gasteiger partial charge >= 0.3 is 5.97 Å². The van der Waals surface area contributed by atoms with Crippen molar-refractivity contribution in [1.29, 1.82) is 0 Å². The number of carbonyl (C=O) groups is 2. The molecule has 2 aromatic heterocycles. The molecule has 3 heterocycles. The summed E-state index contributed by atoms with van der Waals surface area (Å²) in [7, 11) is 0. The van der Waals surface area contributed by atoms with E-state index in [-0.39, 0.29) is 36.3 Å². The number of likely N-dealkylation sites (tertiary alicyclic amines) is 1. The van der Waals surface area contributed by atoms with Crippen LogP contribution in [0.4, 0.5) is 4.39 Å². The maximum Gasteiger partial charge on any atom is 0.352 e. The highest BCUT2D eigenvalue weighted by molar-refractivity contribution is 5.94. The Morgan fingerprint density at radius 1 is 1.36 bits per heavy atom. The lowest BCUT2D eigenvalue weighted by atomic mass is 9.89. The van der Waals surface area contributed by atoms with E-state index in [1.54, 1.807) is 12.1 Å². The predicted octanol–water partition coefficient (Wildman–Crippen LogP) is 1.22. The Labute approximate surface area is 142 Å². The second-order valence-corrected chi connectivity index (χ2v) is 6.89. The summed E-state index contributed by atoms with van der Waals surface area (Å²) in [6.07, 6.45) is 3.22. The summed E-state index contributed by atoms with van der Waals surface area (Å²) in [6.45, 7) is -0.518. The number of carboxylic acids is 1.